The summed E-state index contributed by atoms with van der Waals surface area (Å²) in [5, 5.41) is 6.46. The van der Waals surface area contributed by atoms with Gasteiger partial charge in [0.25, 0.3) is 0 Å². The minimum Gasteiger partial charge on any atom is -0.384 e. The fraction of sp³-hybridized carbons (Fsp3) is 0.0909. The van der Waals surface area contributed by atoms with Crippen molar-refractivity contribution in [1.29, 1.82) is 0 Å². The van der Waals surface area contributed by atoms with Gasteiger partial charge in [-0.25, -0.2) is 4.98 Å². The number of nitrogen functional groups attached to an aromatic ring is 1. The molecule has 17 heavy (non-hydrogen) atoms. The largest absolute Gasteiger partial charge is 0.384 e. The summed E-state index contributed by atoms with van der Waals surface area (Å²) in [7, 11) is 0. The van der Waals surface area contributed by atoms with Crippen LogP contribution in [0.4, 0.5) is 5.82 Å². The number of fused-ring (bicyclic) bond motifs is 1. The van der Waals surface area contributed by atoms with E-state index in [0.29, 0.717) is 5.82 Å². The zero-order valence-electron chi connectivity index (χ0n) is 9.01. The van der Waals surface area contributed by atoms with Crippen LogP contribution in [0.3, 0.4) is 0 Å². The average Bonchev–Trinajstić information content (AvgIpc) is 2.83. The van der Waals surface area contributed by atoms with Gasteiger partial charge < -0.3 is 5.73 Å². The van der Waals surface area contributed by atoms with Crippen LogP contribution in [0.1, 0.15) is 5.56 Å². The van der Waals surface area contributed by atoms with Crippen LogP contribution in [-0.4, -0.2) is 14.6 Å². The lowest BCUT2D eigenvalue weighted by Gasteiger charge is -1.97. The van der Waals surface area contributed by atoms with Gasteiger partial charge in [-0.1, -0.05) is 15.9 Å². The number of pyridine rings is 1. The first-order valence-corrected chi connectivity index (χ1v) is 6.68. The third-order valence-corrected chi connectivity index (χ3v) is 3.96. The van der Waals surface area contributed by atoms with Crippen molar-refractivity contribution in [3.05, 3.63) is 33.6 Å². The van der Waals surface area contributed by atoms with E-state index >= 15 is 0 Å². The number of aryl methyl sites for hydroxylation is 1. The number of halogens is 1. The third kappa shape index (κ3) is 1.73. The topological polar surface area (TPSA) is 56.2 Å². The van der Waals surface area contributed by atoms with E-state index < -0.39 is 0 Å². The van der Waals surface area contributed by atoms with Crippen molar-refractivity contribution in [2.24, 2.45) is 0 Å². The Labute approximate surface area is 110 Å². The molecule has 0 saturated carbocycles. The highest BCUT2D eigenvalue weighted by molar-refractivity contribution is 9.10. The van der Waals surface area contributed by atoms with Crippen LogP contribution in [0.15, 0.2) is 28.1 Å². The Hall–Kier alpha value is -1.40. The van der Waals surface area contributed by atoms with Gasteiger partial charge in [-0.15, -0.1) is 16.4 Å². The number of thiophene rings is 1. The number of hydrogen-bond donors (Lipinski definition) is 1. The molecule has 2 N–H and O–H groups in total. The molecule has 3 heterocycles. The van der Waals surface area contributed by atoms with Crippen LogP contribution < -0.4 is 5.73 Å². The van der Waals surface area contributed by atoms with E-state index in [4.69, 9.17) is 5.73 Å². The SMILES string of the molecule is Cc1ccsc1-c1nc2cc(Br)cc(N)n2n1. The number of rotatable bonds is 1. The maximum atomic E-state index is 5.90. The van der Waals surface area contributed by atoms with Crippen molar-refractivity contribution < 1.29 is 0 Å². The average molecular weight is 309 g/mol. The minimum absolute atomic E-state index is 0.572. The predicted molar refractivity (Wildman–Crippen MR) is 73.1 cm³/mol. The molecule has 0 aliphatic rings. The van der Waals surface area contributed by atoms with Crippen LogP contribution in [0.2, 0.25) is 0 Å². The fourth-order valence-electron chi connectivity index (χ4n) is 1.67. The second kappa shape index (κ2) is 3.82. The maximum Gasteiger partial charge on any atom is 0.192 e. The van der Waals surface area contributed by atoms with Gasteiger partial charge in [0.15, 0.2) is 11.5 Å². The molecule has 0 saturated heterocycles. The second-order valence-electron chi connectivity index (χ2n) is 3.74. The van der Waals surface area contributed by atoms with Crippen molar-refractivity contribution in [3.63, 3.8) is 0 Å². The molecule has 0 unspecified atom stereocenters. The highest BCUT2D eigenvalue weighted by atomic mass is 79.9. The smallest absolute Gasteiger partial charge is 0.192 e. The summed E-state index contributed by atoms with van der Waals surface area (Å²) >= 11 is 5.03. The molecule has 3 aromatic heterocycles. The molecule has 4 nitrogen and oxygen atoms in total. The van der Waals surface area contributed by atoms with Crippen molar-refractivity contribution in [2.75, 3.05) is 5.73 Å². The Balaban J connectivity index is 2.27. The number of nitrogens with two attached hydrogens (primary N) is 1. The Morgan fingerprint density at radius 1 is 1.41 bits per heavy atom. The molecule has 0 aliphatic heterocycles. The van der Waals surface area contributed by atoms with Crippen molar-refractivity contribution >= 4 is 38.7 Å². The highest BCUT2D eigenvalue weighted by Crippen LogP contribution is 2.27. The monoisotopic (exact) mass is 308 g/mol. The van der Waals surface area contributed by atoms with Crippen LogP contribution >= 0.6 is 27.3 Å². The summed E-state index contributed by atoms with van der Waals surface area (Å²) in [4.78, 5) is 5.58. The summed E-state index contributed by atoms with van der Waals surface area (Å²) in [6, 6.07) is 5.77. The van der Waals surface area contributed by atoms with E-state index in [1.54, 1.807) is 15.9 Å². The molecule has 6 heteroatoms. The highest BCUT2D eigenvalue weighted by Gasteiger charge is 2.11. The minimum atomic E-state index is 0.572. The van der Waals surface area contributed by atoms with Crippen molar-refractivity contribution in [2.45, 2.75) is 6.92 Å². The molecule has 0 bridgehead atoms. The molecule has 0 spiro atoms. The van der Waals surface area contributed by atoms with Crippen LogP contribution in [-0.2, 0) is 0 Å². The lowest BCUT2D eigenvalue weighted by molar-refractivity contribution is 0.977. The van der Waals surface area contributed by atoms with Crippen molar-refractivity contribution in [3.8, 4) is 10.7 Å². The van der Waals surface area contributed by atoms with Gasteiger partial charge in [-0.05, 0) is 36.1 Å². The number of aromatic nitrogens is 3. The zero-order valence-corrected chi connectivity index (χ0v) is 11.4. The molecule has 3 aromatic rings. The number of hydrogen-bond acceptors (Lipinski definition) is 4. The van der Waals surface area contributed by atoms with Gasteiger partial charge in [0.2, 0.25) is 0 Å². The van der Waals surface area contributed by atoms with E-state index in [9.17, 15) is 0 Å². The Kier molecular flexibility index (Phi) is 2.41. The first-order valence-electron chi connectivity index (χ1n) is 5.01. The lowest BCUT2D eigenvalue weighted by Crippen LogP contribution is -1.97. The fourth-order valence-corrected chi connectivity index (χ4v) is 2.97. The Bertz CT molecular complexity index is 701. The van der Waals surface area contributed by atoms with Crippen LogP contribution in [0.5, 0.6) is 0 Å². The molecule has 0 radical (unpaired) electrons. The van der Waals surface area contributed by atoms with Crippen LogP contribution in [0.25, 0.3) is 16.3 Å². The van der Waals surface area contributed by atoms with Gasteiger partial charge in [0.05, 0.1) is 4.88 Å². The maximum absolute atomic E-state index is 5.90. The molecular weight excluding hydrogens is 300 g/mol. The van der Waals surface area contributed by atoms with Crippen LogP contribution in [0, 0.1) is 6.92 Å². The second-order valence-corrected chi connectivity index (χ2v) is 5.57. The summed E-state index contributed by atoms with van der Waals surface area (Å²) in [6.45, 7) is 2.05. The standard InChI is InChI=1S/C11H9BrN4S/c1-6-2-3-17-10(6)11-14-9-5-7(12)4-8(13)16(9)15-11/h2-5H,13H2,1H3. The zero-order chi connectivity index (χ0) is 12.0. The van der Waals surface area contributed by atoms with E-state index in [1.807, 2.05) is 17.5 Å². The van der Waals surface area contributed by atoms with Gasteiger partial charge in [-0.2, -0.15) is 4.52 Å². The molecule has 0 aromatic carbocycles. The quantitative estimate of drug-likeness (QED) is 0.751. The number of anilines is 1. The van der Waals surface area contributed by atoms with E-state index in [1.165, 1.54) is 5.56 Å². The molecule has 0 atom stereocenters. The summed E-state index contributed by atoms with van der Waals surface area (Å²) in [5.74, 6) is 1.30. The molecule has 3 rings (SSSR count). The first-order chi connectivity index (χ1) is 8.15. The van der Waals surface area contributed by atoms with Gasteiger partial charge in [-0.3, -0.25) is 0 Å². The predicted octanol–water partition coefficient (Wildman–Crippen LogP) is 3.11. The molecular formula is C11H9BrN4S. The first kappa shape index (κ1) is 10.7. The molecule has 86 valence electrons. The third-order valence-electron chi connectivity index (χ3n) is 2.49. The summed E-state index contributed by atoms with van der Waals surface area (Å²) < 4.78 is 2.56. The number of nitrogens with zero attached hydrogens (tertiary/aromatic N) is 3. The summed E-state index contributed by atoms with van der Waals surface area (Å²) in [5.41, 5.74) is 7.83. The van der Waals surface area contributed by atoms with Gasteiger partial charge in [0, 0.05) is 4.47 Å². The van der Waals surface area contributed by atoms with Crippen molar-refractivity contribution in [1.82, 2.24) is 14.6 Å². The molecule has 0 aliphatic carbocycles. The summed E-state index contributed by atoms with van der Waals surface area (Å²) in [6.07, 6.45) is 0. The van der Waals surface area contributed by atoms with E-state index in [0.717, 1.165) is 20.8 Å². The molecule has 0 amide bonds. The Morgan fingerprint density at radius 2 is 2.24 bits per heavy atom. The van der Waals surface area contributed by atoms with E-state index in [2.05, 4.69) is 39.0 Å². The van der Waals surface area contributed by atoms with E-state index in [-0.39, 0.29) is 0 Å². The lowest BCUT2D eigenvalue weighted by atomic mass is 10.3. The van der Waals surface area contributed by atoms with Gasteiger partial charge in [0.1, 0.15) is 5.82 Å². The molecule has 0 fully saturated rings. The van der Waals surface area contributed by atoms with Gasteiger partial charge >= 0.3 is 0 Å². The Morgan fingerprint density at radius 3 is 2.94 bits per heavy atom. The normalized spacial score (nSPS) is 11.2.